The fourth-order valence-corrected chi connectivity index (χ4v) is 3.75. The number of benzene rings is 2. The van der Waals surface area contributed by atoms with Gasteiger partial charge in [0, 0.05) is 17.7 Å². The minimum absolute atomic E-state index is 0.0952. The zero-order valence-electron chi connectivity index (χ0n) is 13.7. The average Bonchev–Trinajstić information content (AvgIpc) is 2.90. The summed E-state index contributed by atoms with van der Waals surface area (Å²) in [7, 11) is 0. The highest BCUT2D eigenvalue weighted by atomic mass is 32.2. The van der Waals surface area contributed by atoms with Crippen molar-refractivity contribution in [3.05, 3.63) is 69.1 Å². The molecule has 0 saturated carbocycles. The molecule has 0 atom stereocenters. The van der Waals surface area contributed by atoms with E-state index in [1.165, 1.54) is 23.1 Å². The van der Waals surface area contributed by atoms with Crippen molar-refractivity contribution >= 4 is 51.7 Å². The molecule has 0 aromatic heterocycles. The molecular formula is C18H14N2O4S2. The van der Waals surface area contributed by atoms with Crippen LogP contribution in [0.4, 0.5) is 11.4 Å². The molecule has 1 aliphatic rings. The number of nitro groups is 1. The Balaban J connectivity index is 1.95. The third-order valence-corrected chi connectivity index (χ3v) is 4.90. The number of ether oxygens (including phenoxy) is 1. The van der Waals surface area contributed by atoms with Crippen LogP contribution in [-0.2, 0) is 4.79 Å². The highest BCUT2D eigenvalue weighted by Gasteiger charge is 2.34. The molecule has 0 unspecified atom stereocenters. The number of thiocarbonyl (C=S) groups is 1. The van der Waals surface area contributed by atoms with Gasteiger partial charge < -0.3 is 4.74 Å². The van der Waals surface area contributed by atoms with E-state index in [9.17, 15) is 14.9 Å². The molecule has 2 aromatic carbocycles. The predicted molar refractivity (Wildman–Crippen MR) is 106 cm³/mol. The summed E-state index contributed by atoms with van der Waals surface area (Å²) in [6.45, 7) is 2.40. The number of hydrogen-bond acceptors (Lipinski definition) is 6. The van der Waals surface area contributed by atoms with Gasteiger partial charge in [0.2, 0.25) is 0 Å². The van der Waals surface area contributed by atoms with Gasteiger partial charge in [0.05, 0.1) is 22.1 Å². The van der Waals surface area contributed by atoms with E-state index in [1.807, 2.05) is 31.2 Å². The first-order valence-corrected chi connectivity index (χ1v) is 8.98. The molecule has 0 bridgehead atoms. The van der Waals surface area contributed by atoms with Gasteiger partial charge in [0.15, 0.2) is 4.32 Å². The number of thioether (sulfide) groups is 1. The summed E-state index contributed by atoms with van der Waals surface area (Å²) in [6, 6.07) is 13.2. The Morgan fingerprint density at radius 1 is 1.27 bits per heavy atom. The summed E-state index contributed by atoms with van der Waals surface area (Å²) < 4.78 is 5.91. The second-order valence-electron chi connectivity index (χ2n) is 5.26. The monoisotopic (exact) mass is 386 g/mol. The van der Waals surface area contributed by atoms with Gasteiger partial charge in [-0.1, -0.05) is 48.2 Å². The fraction of sp³-hybridized carbons (Fsp3) is 0.111. The van der Waals surface area contributed by atoms with Gasteiger partial charge in [-0.05, 0) is 25.1 Å². The molecule has 26 heavy (non-hydrogen) atoms. The number of carbonyl (C=O) groups excluding carboxylic acids is 1. The van der Waals surface area contributed by atoms with Gasteiger partial charge in [0.1, 0.15) is 5.75 Å². The first-order chi connectivity index (χ1) is 12.5. The lowest BCUT2D eigenvalue weighted by Crippen LogP contribution is -2.27. The summed E-state index contributed by atoms with van der Waals surface area (Å²) in [6.07, 6.45) is 1.72. The van der Waals surface area contributed by atoms with E-state index in [-0.39, 0.29) is 11.6 Å². The van der Waals surface area contributed by atoms with Crippen LogP contribution in [0.1, 0.15) is 12.5 Å². The van der Waals surface area contributed by atoms with Crippen LogP contribution < -0.4 is 9.64 Å². The van der Waals surface area contributed by atoms with Crippen LogP contribution in [0.2, 0.25) is 0 Å². The van der Waals surface area contributed by atoms with Crippen molar-refractivity contribution in [2.75, 3.05) is 11.5 Å². The van der Waals surface area contributed by atoms with Crippen molar-refractivity contribution in [1.82, 2.24) is 0 Å². The zero-order valence-corrected chi connectivity index (χ0v) is 15.4. The third-order valence-electron chi connectivity index (χ3n) is 3.60. The van der Waals surface area contributed by atoms with Crippen LogP contribution >= 0.6 is 24.0 Å². The molecule has 1 saturated heterocycles. The molecule has 1 fully saturated rings. The highest BCUT2D eigenvalue weighted by molar-refractivity contribution is 8.27. The topological polar surface area (TPSA) is 72.7 Å². The summed E-state index contributed by atoms with van der Waals surface area (Å²) in [5.74, 6) is 0.363. The van der Waals surface area contributed by atoms with Gasteiger partial charge in [0.25, 0.3) is 11.6 Å². The van der Waals surface area contributed by atoms with Gasteiger partial charge in [-0.15, -0.1) is 0 Å². The van der Waals surface area contributed by atoms with E-state index in [0.29, 0.717) is 27.3 Å². The molecule has 2 aromatic rings. The number of anilines is 1. The SMILES string of the molecule is CCOc1ccccc1/C=C1\SC(=S)N(c2cccc([N+](=O)[O-])c2)C1=O. The van der Waals surface area contributed by atoms with Gasteiger partial charge >= 0.3 is 0 Å². The van der Waals surface area contributed by atoms with E-state index in [0.717, 1.165) is 17.3 Å². The van der Waals surface area contributed by atoms with Gasteiger partial charge in [-0.3, -0.25) is 19.8 Å². The normalized spacial score (nSPS) is 15.6. The quantitative estimate of drug-likeness (QED) is 0.328. The molecule has 6 nitrogen and oxygen atoms in total. The highest BCUT2D eigenvalue weighted by Crippen LogP contribution is 2.37. The van der Waals surface area contributed by atoms with Crippen LogP contribution in [0.3, 0.4) is 0 Å². The first-order valence-electron chi connectivity index (χ1n) is 7.75. The van der Waals surface area contributed by atoms with Crippen molar-refractivity contribution < 1.29 is 14.5 Å². The number of para-hydroxylation sites is 1. The maximum absolute atomic E-state index is 12.8. The Labute approximate surface area is 159 Å². The molecule has 1 amide bonds. The van der Waals surface area contributed by atoms with Gasteiger partial charge in [-0.25, -0.2) is 0 Å². The van der Waals surface area contributed by atoms with Crippen LogP contribution in [0.25, 0.3) is 6.08 Å². The minimum Gasteiger partial charge on any atom is -0.493 e. The van der Waals surface area contributed by atoms with Crippen LogP contribution in [-0.4, -0.2) is 21.8 Å². The lowest BCUT2D eigenvalue weighted by atomic mass is 10.2. The van der Waals surface area contributed by atoms with Crippen molar-refractivity contribution in [3.63, 3.8) is 0 Å². The molecule has 132 valence electrons. The standard InChI is InChI=1S/C18H14N2O4S2/c1-2-24-15-9-4-3-6-12(15)10-16-17(21)19(18(25)26-16)13-7-5-8-14(11-13)20(22)23/h3-11H,2H2,1H3/b16-10-. The maximum Gasteiger partial charge on any atom is 0.271 e. The molecule has 0 spiro atoms. The van der Waals surface area contributed by atoms with Crippen molar-refractivity contribution in [2.24, 2.45) is 0 Å². The van der Waals surface area contributed by atoms with Crippen molar-refractivity contribution in [2.45, 2.75) is 6.92 Å². The summed E-state index contributed by atoms with van der Waals surface area (Å²) >= 11 is 6.47. The van der Waals surface area contributed by atoms with Crippen LogP contribution in [0.15, 0.2) is 53.4 Å². The number of non-ortho nitro benzene ring substituents is 1. The van der Waals surface area contributed by atoms with Crippen molar-refractivity contribution in [1.29, 1.82) is 0 Å². The summed E-state index contributed by atoms with van der Waals surface area (Å²) in [5, 5.41) is 11.0. The Kier molecular flexibility index (Phi) is 5.34. The molecular weight excluding hydrogens is 372 g/mol. The number of rotatable bonds is 5. The smallest absolute Gasteiger partial charge is 0.271 e. The number of nitrogens with zero attached hydrogens (tertiary/aromatic N) is 2. The largest absolute Gasteiger partial charge is 0.493 e. The van der Waals surface area contributed by atoms with E-state index < -0.39 is 4.92 Å². The molecule has 0 aliphatic carbocycles. The Morgan fingerprint density at radius 3 is 2.77 bits per heavy atom. The second kappa shape index (κ2) is 7.67. The second-order valence-corrected chi connectivity index (χ2v) is 6.94. The van der Waals surface area contributed by atoms with Crippen molar-refractivity contribution in [3.8, 4) is 5.75 Å². The molecule has 0 N–H and O–H groups in total. The molecule has 1 aliphatic heterocycles. The average molecular weight is 386 g/mol. The van der Waals surface area contributed by atoms with E-state index in [4.69, 9.17) is 17.0 Å². The summed E-state index contributed by atoms with van der Waals surface area (Å²) in [5.41, 5.74) is 1.05. The van der Waals surface area contributed by atoms with Gasteiger partial charge in [-0.2, -0.15) is 0 Å². The first kappa shape index (κ1) is 18.1. The number of nitro benzene ring substituents is 1. The van der Waals surface area contributed by atoms with E-state index in [1.54, 1.807) is 12.1 Å². The Morgan fingerprint density at radius 2 is 2.04 bits per heavy atom. The lowest BCUT2D eigenvalue weighted by molar-refractivity contribution is -0.384. The maximum atomic E-state index is 12.8. The number of carbonyl (C=O) groups is 1. The Hall–Kier alpha value is -2.71. The van der Waals surface area contributed by atoms with Crippen LogP contribution in [0, 0.1) is 10.1 Å². The van der Waals surface area contributed by atoms with E-state index in [2.05, 4.69) is 0 Å². The lowest BCUT2D eigenvalue weighted by Gasteiger charge is -2.14. The molecule has 0 radical (unpaired) electrons. The van der Waals surface area contributed by atoms with E-state index >= 15 is 0 Å². The molecule has 1 heterocycles. The molecule has 3 rings (SSSR count). The number of amides is 1. The minimum atomic E-state index is -0.505. The fourth-order valence-electron chi connectivity index (χ4n) is 2.46. The number of hydrogen-bond donors (Lipinski definition) is 0. The molecule has 8 heteroatoms. The predicted octanol–water partition coefficient (Wildman–Crippen LogP) is 4.40. The Bertz CT molecular complexity index is 927. The van der Waals surface area contributed by atoms with Crippen LogP contribution in [0.5, 0.6) is 5.75 Å². The zero-order chi connectivity index (χ0) is 18.7. The summed E-state index contributed by atoms with van der Waals surface area (Å²) in [4.78, 5) is 25.0. The third kappa shape index (κ3) is 3.61.